The highest BCUT2D eigenvalue weighted by atomic mass is 35.5. The number of thioether (sulfide) groups is 1. The molecule has 170 valence electrons. The molecule has 0 aliphatic heterocycles. The molecule has 4 nitrogen and oxygen atoms in total. The van der Waals surface area contributed by atoms with Crippen molar-refractivity contribution in [1.29, 1.82) is 0 Å². The Morgan fingerprint density at radius 3 is 2.03 bits per heavy atom. The number of para-hydroxylation sites is 1. The summed E-state index contributed by atoms with van der Waals surface area (Å²) in [7, 11) is 0. The maximum Gasteiger partial charge on any atom is 0.283 e. The van der Waals surface area contributed by atoms with Crippen LogP contribution in [0.5, 0.6) is 0 Å². The molecule has 1 N–H and O–H groups in total. The first-order valence-electron chi connectivity index (χ1n) is 11.2. The van der Waals surface area contributed by atoms with Crippen molar-refractivity contribution < 1.29 is 0 Å². The number of hydrogen-bond donors (Lipinski definition) is 1. The number of fused-ring (bicyclic) bond motifs is 3. The zero-order valence-electron chi connectivity index (χ0n) is 18.6. The van der Waals surface area contributed by atoms with Crippen LogP contribution >= 0.6 is 23.4 Å². The average molecular weight is 494 g/mol. The fraction of sp³-hybridized carbons (Fsp3) is 0.0345. The summed E-state index contributed by atoms with van der Waals surface area (Å²) in [6.07, 6.45) is 0. The topological polar surface area (TPSA) is 50.7 Å². The summed E-state index contributed by atoms with van der Waals surface area (Å²) in [5.74, 6) is 0. The molecular weight excluding hydrogens is 474 g/mol. The van der Waals surface area contributed by atoms with Crippen molar-refractivity contribution in [2.24, 2.45) is 0 Å². The van der Waals surface area contributed by atoms with Gasteiger partial charge in [-0.3, -0.25) is 9.36 Å². The van der Waals surface area contributed by atoms with Crippen LogP contribution in [0.2, 0.25) is 5.02 Å². The van der Waals surface area contributed by atoms with E-state index in [1.807, 2.05) is 72.8 Å². The molecule has 0 amide bonds. The van der Waals surface area contributed by atoms with Gasteiger partial charge in [0.25, 0.3) is 5.56 Å². The minimum Gasteiger partial charge on any atom is -0.349 e. The third-order valence-corrected chi connectivity index (χ3v) is 7.52. The molecule has 2 aromatic heterocycles. The molecule has 0 spiro atoms. The van der Waals surface area contributed by atoms with Crippen molar-refractivity contribution in [3.8, 4) is 5.69 Å². The van der Waals surface area contributed by atoms with E-state index in [1.165, 1.54) is 0 Å². The van der Waals surface area contributed by atoms with Crippen molar-refractivity contribution in [2.75, 3.05) is 0 Å². The molecule has 0 saturated carbocycles. The molecular formula is C29H20ClN3OS. The number of hydrogen-bond acceptors (Lipinski definition) is 3. The Morgan fingerprint density at radius 1 is 0.771 bits per heavy atom. The molecule has 6 rings (SSSR count). The van der Waals surface area contributed by atoms with E-state index in [4.69, 9.17) is 16.6 Å². The van der Waals surface area contributed by atoms with Gasteiger partial charge in [-0.05, 0) is 41.5 Å². The molecule has 6 aromatic rings. The molecule has 0 saturated heterocycles. The summed E-state index contributed by atoms with van der Waals surface area (Å²) >= 11 is 7.72. The van der Waals surface area contributed by atoms with Gasteiger partial charge in [-0.15, -0.1) is 0 Å². The van der Waals surface area contributed by atoms with Crippen molar-refractivity contribution in [3.05, 3.63) is 136 Å². The predicted octanol–water partition coefficient (Wildman–Crippen LogP) is 7.40. The van der Waals surface area contributed by atoms with E-state index in [-0.39, 0.29) is 10.8 Å². The van der Waals surface area contributed by atoms with Gasteiger partial charge in [0, 0.05) is 15.9 Å². The molecule has 0 atom stereocenters. The number of nitrogens with one attached hydrogen (secondary N) is 1. The number of rotatable bonds is 5. The SMILES string of the molecule is O=c1c2[nH]c3ccccc3c2nc(SC(c2ccccc2)c2ccccc2)n1-c1ccc(Cl)cc1. The summed E-state index contributed by atoms with van der Waals surface area (Å²) in [6.45, 7) is 0. The van der Waals surface area contributed by atoms with E-state index >= 15 is 0 Å². The first-order chi connectivity index (χ1) is 17.2. The van der Waals surface area contributed by atoms with Gasteiger partial charge >= 0.3 is 0 Å². The van der Waals surface area contributed by atoms with Crippen LogP contribution in [0.4, 0.5) is 0 Å². The lowest BCUT2D eigenvalue weighted by atomic mass is 10.0. The Morgan fingerprint density at radius 2 is 1.37 bits per heavy atom. The van der Waals surface area contributed by atoms with Crippen molar-refractivity contribution >= 4 is 45.3 Å². The highest BCUT2D eigenvalue weighted by Crippen LogP contribution is 2.40. The molecule has 0 fully saturated rings. The number of H-pyrrole nitrogens is 1. The first-order valence-corrected chi connectivity index (χ1v) is 12.5. The molecule has 0 unspecified atom stereocenters. The Balaban J connectivity index is 1.61. The van der Waals surface area contributed by atoms with Crippen LogP contribution in [-0.4, -0.2) is 14.5 Å². The molecule has 6 heteroatoms. The lowest BCUT2D eigenvalue weighted by Gasteiger charge is -2.20. The number of nitrogens with zero attached hydrogens (tertiary/aromatic N) is 2. The second kappa shape index (κ2) is 9.10. The van der Waals surface area contributed by atoms with E-state index in [0.29, 0.717) is 21.2 Å². The van der Waals surface area contributed by atoms with Gasteiger partial charge in [0.15, 0.2) is 5.16 Å². The zero-order valence-corrected chi connectivity index (χ0v) is 20.1. The third-order valence-electron chi connectivity index (χ3n) is 6.01. The molecule has 35 heavy (non-hydrogen) atoms. The molecule has 2 heterocycles. The molecule has 0 radical (unpaired) electrons. The van der Waals surface area contributed by atoms with Gasteiger partial charge < -0.3 is 4.98 Å². The average Bonchev–Trinajstić information content (AvgIpc) is 3.28. The van der Waals surface area contributed by atoms with Crippen LogP contribution in [0.25, 0.3) is 27.6 Å². The normalized spacial score (nSPS) is 11.5. The quantitative estimate of drug-likeness (QED) is 0.201. The molecule has 0 aliphatic carbocycles. The van der Waals surface area contributed by atoms with E-state index < -0.39 is 0 Å². The lowest BCUT2D eigenvalue weighted by molar-refractivity contribution is 0.816. The van der Waals surface area contributed by atoms with Gasteiger partial charge in [-0.25, -0.2) is 4.98 Å². The maximum atomic E-state index is 13.9. The van der Waals surface area contributed by atoms with Crippen molar-refractivity contribution in [1.82, 2.24) is 14.5 Å². The van der Waals surface area contributed by atoms with Crippen LogP contribution in [0.3, 0.4) is 0 Å². The van der Waals surface area contributed by atoms with Gasteiger partial charge in [-0.1, -0.05) is 102 Å². The summed E-state index contributed by atoms with van der Waals surface area (Å²) in [6, 6.07) is 35.8. The summed E-state index contributed by atoms with van der Waals surface area (Å²) in [5, 5.41) is 2.11. The molecule has 0 aliphatic rings. The van der Waals surface area contributed by atoms with E-state index in [9.17, 15) is 4.79 Å². The van der Waals surface area contributed by atoms with Crippen LogP contribution < -0.4 is 5.56 Å². The Bertz CT molecular complexity index is 1650. The van der Waals surface area contributed by atoms with Crippen LogP contribution in [0.15, 0.2) is 119 Å². The minimum atomic E-state index is -0.143. The molecule has 0 bridgehead atoms. The fourth-order valence-electron chi connectivity index (χ4n) is 4.33. The second-order valence-corrected chi connectivity index (χ2v) is 9.73. The highest BCUT2D eigenvalue weighted by Gasteiger charge is 2.22. The first kappa shape index (κ1) is 21.7. The molecule has 4 aromatic carbocycles. The monoisotopic (exact) mass is 493 g/mol. The Hall–Kier alpha value is -3.80. The van der Waals surface area contributed by atoms with Gasteiger partial charge in [0.2, 0.25) is 0 Å². The van der Waals surface area contributed by atoms with E-state index in [2.05, 4.69) is 29.2 Å². The summed E-state index contributed by atoms with van der Waals surface area (Å²) in [5.41, 5.74) is 4.91. The van der Waals surface area contributed by atoms with Gasteiger partial charge in [0.1, 0.15) is 11.0 Å². The fourth-order valence-corrected chi connectivity index (χ4v) is 5.69. The number of aromatic amines is 1. The number of aromatic nitrogens is 3. The van der Waals surface area contributed by atoms with Crippen molar-refractivity contribution in [3.63, 3.8) is 0 Å². The Labute approximate surface area is 211 Å². The van der Waals surface area contributed by atoms with E-state index in [1.54, 1.807) is 28.5 Å². The minimum absolute atomic E-state index is 0.0505. The van der Waals surface area contributed by atoms with Crippen LogP contribution in [-0.2, 0) is 0 Å². The third kappa shape index (κ3) is 4.03. The number of benzene rings is 4. The zero-order chi connectivity index (χ0) is 23.8. The predicted molar refractivity (Wildman–Crippen MR) is 145 cm³/mol. The van der Waals surface area contributed by atoms with Crippen molar-refractivity contribution in [2.45, 2.75) is 10.4 Å². The largest absolute Gasteiger partial charge is 0.349 e. The lowest BCUT2D eigenvalue weighted by Crippen LogP contribution is -2.22. The summed E-state index contributed by atoms with van der Waals surface area (Å²) < 4.78 is 1.68. The highest BCUT2D eigenvalue weighted by molar-refractivity contribution is 7.99. The second-order valence-electron chi connectivity index (χ2n) is 8.22. The maximum absolute atomic E-state index is 13.9. The van der Waals surface area contributed by atoms with Crippen LogP contribution in [0, 0.1) is 0 Å². The number of halogens is 1. The van der Waals surface area contributed by atoms with Gasteiger partial charge in [-0.2, -0.15) is 0 Å². The van der Waals surface area contributed by atoms with Gasteiger partial charge in [0.05, 0.1) is 10.9 Å². The summed E-state index contributed by atoms with van der Waals surface area (Å²) in [4.78, 5) is 22.3. The smallest absolute Gasteiger partial charge is 0.283 e. The van der Waals surface area contributed by atoms with E-state index in [0.717, 1.165) is 27.7 Å². The van der Waals surface area contributed by atoms with Crippen LogP contribution in [0.1, 0.15) is 16.4 Å². The standard InChI is InChI=1S/C29H20ClN3OS/c30-21-15-17-22(18-16-21)33-28(34)26-25(23-13-7-8-14-24(23)31-26)32-29(33)35-27(19-9-3-1-4-10-19)20-11-5-2-6-12-20/h1-18,27,31H. The Kier molecular flexibility index (Phi) is 5.64.